The Morgan fingerprint density at radius 3 is 2.71 bits per heavy atom. The number of fused-ring (bicyclic) bond motifs is 1. The van der Waals surface area contributed by atoms with Gasteiger partial charge in [-0.15, -0.1) is 11.3 Å². The first-order chi connectivity index (χ1) is 14.8. The minimum Gasteiger partial charge on any atom is -0.446 e. The van der Waals surface area contributed by atoms with Gasteiger partial charge in [0.25, 0.3) is 0 Å². The number of carbonyl (C=O) groups excluding carboxylic acids is 2. The highest BCUT2D eigenvalue weighted by Crippen LogP contribution is 2.39. The number of thiazole rings is 1. The standard InChI is InChI=1S/C22H25N5O3S/c1-14(2)30-22(29)26-10-15(3)27(16(4)28)20-6-5-17(7-21(20)26)18-8-24-25(11-18)12-19-9-23-13-31-19/h5-9,11,13-15H,10,12H2,1-4H3/t15-/m0/s1. The lowest BCUT2D eigenvalue weighted by Gasteiger charge is -2.40. The molecular formula is C22H25N5O3S. The number of anilines is 2. The van der Waals surface area contributed by atoms with Gasteiger partial charge in [0, 0.05) is 36.3 Å². The summed E-state index contributed by atoms with van der Waals surface area (Å²) in [5.41, 5.74) is 5.00. The van der Waals surface area contributed by atoms with Gasteiger partial charge in [0.1, 0.15) is 0 Å². The minimum absolute atomic E-state index is 0.0595. The molecule has 2 amide bonds. The molecule has 162 valence electrons. The molecule has 9 heteroatoms. The highest BCUT2D eigenvalue weighted by atomic mass is 32.1. The van der Waals surface area contributed by atoms with Crippen LogP contribution < -0.4 is 9.80 Å². The Kier molecular flexibility index (Phi) is 5.77. The summed E-state index contributed by atoms with van der Waals surface area (Å²) in [4.78, 5) is 33.7. The van der Waals surface area contributed by atoms with Crippen molar-refractivity contribution < 1.29 is 14.3 Å². The molecule has 0 aliphatic carbocycles. The van der Waals surface area contributed by atoms with Crippen LogP contribution in [0.1, 0.15) is 32.6 Å². The van der Waals surface area contributed by atoms with Gasteiger partial charge in [-0.3, -0.25) is 19.4 Å². The van der Waals surface area contributed by atoms with Crippen molar-refractivity contribution >= 4 is 34.7 Å². The molecular weight excluding hydrogens is 414 g/mol. The number of benzene rings is 1. The Labute approximate surface area is 185 Å². The zero-order chi connectivity index (χ0) is 22.1. The maximum Gasteiger partial charge on any atom is 0.414 e. The van der Waals surface area contributed by atoms with Gasteiger partial charge >= 0.3 is 6.09 Å². The molecule has 0 bridgehead atoms. The molecule has 0 saturated carbocycles. The average molecular weight is 440 g/mol. The van der Waals surface area contributed by atoms with Crippen molar-refractivity contribution in [3.63, 3.8) is 0 Å². The Morgan fingerprint density at radius 2 is 2.03 bits per heavy atom. The summed E-state index contributed by atoms with van der Waals surface area (Å²) in [7, 11) is 0. The number of nitrogens with zero attached hydrogens (tertiary/aromatic N) is 5. The Bertz CT molecular complexity index is 1090. The molecule has 0 spiro atoms. The number of carbonyl (C=O) groups is 2. The molecule has 3 aromatic rings. The summed E-state index contributed by atoms with van der Waals surface area (Å²) in [5.74, 6) is -0.0595. The molecule has 0 radical (unpaired) electrons. The molecule has 1 aliphatic heterocycles. The van der Waals surface area contributed by atoms with Gasteiger partial charge in [0.2, 0.25) is 5.91 Å². The zero-order valence-electron chi connectivity index (χ0n) is 18.0. The highest BCUT2D eigenvalue weighted by molar-refractivity contribution is 7.09. The Morgan fingerprint density at radius 1 is 1.23 bits per heavy atom. The molecule has 0 N–H and O–H groups in total. The van der Waals surface area contributed by atoms with E-state index in [1.807, 2.05) is 56.0 Å². The second kappa shape index (κ2) is 8.50. The molecule has 4 rings (SSSR count). The van der Waals surface area contributed by atoms with Gasteiger partial charge < -0.3 is 9.64 Å². The van der Waals surface area contributed by atoms with Crippen LogP contribution in [0.2, 0.25) is 0 Å². The first-order valence-electron chi connectivity index (χ1n) is 10.2. The Balaban J connectivity index is 1.70. The van der Waals surface area contributed by atoms with E-state index < -0.39 is 6.09 Å². The van der Waals surface area contributed by atoms with Crippen LogP contribution in [-0.2, 0) is 16.1 Å². The predicted octanol–water partition coefficient (Wildman–Crippen LogP) is 4.16. The van der Waals surface area contributed by atoms with Gasteiger partial charge in [-0.25, -0.2) is 4.79 Å². The SMILES string of the molecule is CC(=O)N1c2ccc(-c3cnn(Cc4cncs4)c3)cc2N(C(=O)OC(C)C)C[C@@H]1C. The van der Waals surface area contributed by atoms with Crippen LogP contribution in [0.25, 0.3) is 11.1 Å². The summed E-state index contributed by atoms with van der Waals surface area (Å²) in [6.45, 7) is 8.13. The van der Waals surface area contributed by atoms with E-state index in [-0.39, 0.29) is 18.1 Å². The number of hydrogen-bond acceptors (Lipinski definition) is 6. The number of amides is 2. The van der Waals surface area contributed by atoms with E-state index in [4.69, 9.17) is 4.74 Å². The number of hydrogen-bond donors (Lipinski definition) is 0. The number of aromatic nitrogens is 3. The molecule has 31 heavy (non-hydrogen) atoms. The van der Waals surface area contributed by atoms with Crippen LogP contribution >= 0.6 is 11.3 Å². The van der Waals surface area contributed by atoms with Gasteiger partial charge in [0.15, 0.2) is 0 Å². The molecule has 8 nitrogen and oxygen atoms in total. The summed E-state index contributed by atoms with van der Waals surface area (Å²) in [5, 5.41) is 4.45. The van der Waals surface area contributed by atoms with Crippen molar-refractivity contribution in [2.24, 2.45) is 0 Å². The van der Waals surface area contributed by atoms with Crippen molar-refractivity contribution in [2.75, 3.05) is 16.3 Å². The molecule has 0 unspecified atom stereocenters. The largest absolute Gasteiger partial charge is 0.446 e. The fraction of sp³-hybridized carbons (Fsp3) is 0.364. The maximum atomic E-state index is 12.8. The van der Waals surface area contributed by atoms with Crippen LogP contribution in [-0.4, -0.2) is 45.5 Å². The van der Waals surface area contributed by atoms with Gasteiger partial charge in [-0.2, -0.15) is 5.10 Å². The van der Waals surface area contributed by atoms with Crippen LogP contribution in [0.15, 0.2) is 42.3 Å². The third-order valence-electron chi connectivity index (χ3n) is 5.08. The van der Waals surface area contributed by atoms with E-state index in [2.05, 4.69) is 10.1 Å². The van der Waals surface area contributed by atoms with Crippen molar-refractivity contribution in [1.29, 1.82) is 0 Å². The van der Waals surface area contributed by atoms with Crippen LogP contribution in [0.5, 0.6) is 0 Å². The van der Waals surface area contributed by atoms with Crippen molar-refractivity contribution in [1.82, 2.24) is 14.8 Å². The van der Waals surface area contributed by atoms with Gasteiger partial charge in [-0.05, 0) is 38.5 Å². The molecule has 1 atom stereocenters. The van der Waals surface area contributed by atoms with Gasteiger partial charge in [-0.1, -0.05) is 6.07 Å². The third kappa shape index (κ3) is 4.32. The molecule has 1 aliphatic rings. The lowest BCUT2D eigenvalue weighted by molar-refractivity contribution is -0.117. The molecule has 2 aromatic heterocycles. The smallest absolute Gasteiger partial charge is 0.414 e. The van der Waals surface area contributed by atoms with E-state index in [0.29, 0.717) is 24.5 Å². The van der Waals surface area contributed by atoms with E-state index in [1.54, 1.807) is 39.8 Å². The second-order valence-electron chi connectivity index (χ2n) is 7.88. The quantitative estimate of drug-likeness (QED) is 0.610. The highest BCUT2D eigenvalue weighted by Gasteiger charge is 2.34. The first-order valence-corrected chi connectivity index (χ1v) is 11.0. The lowest BCUT2D eigenvalue weighted by Crippen LogP contribution is -2.51. The molecule has 0 fully saturated rings. The predicted molar refractivity (Wildman–Crippen MR) is 120 cm³/mol. The third-order valence-corrected chi connectivity index (χ3v) is 5.84. The molecule has 0 saturated heterocycles. The minimum atomic E-state index is -0.413. The van der Waals surface area contributed by atoms with Crippen LogP contribution in [0.3, 0.4) is 0 Å². The first kappa shape index (κ1) is 21.0. The topological polar surface area (TPSA) is 80.6 Å². The molecule has 1 aromatic carbocycles. The van der Waals surface area contributed by atoms with Crippen molar-refractivity contribution in [3.8, 4) is 11.1 Å². The summed E-state index contributed by atoms with van der Waals surface area (Å²) in [6.07, 6.45) is 4.95. The zero-order valence-corrected chi connectivity index (χ0v) is 18.8. The van der Waals surface area contributed by atoms with E-state index in [1.165, 1.54) is 0 Å². The second-order valence-corrected chi connectivity index (χ2v) is 8.85. The lowest BCUT2D eigenvalue weighted by atomic mass is 10.0. The van der Waals surface area contributed by atoms with Crippen LogP contribution in [0.4, 0.5) is 16.2 Å². The Hall–Kier alpha value is -3.20. The summed E-state index contributed by atoms with van der Waals surface area (Å²) in [6, 6.07) is 5.61. The van der Waals surface area contributed by atoms with E-state index >= 15 is 0 Å². The van der Waals surface area contributed by atoms with Crippen molar-refractivity contribution in [2.45, 2.75) is 46.4 Å². The van der Waals surface area contributed by atoms with Crippen LogP contribution in [0, 0.1) is 0 Å². The normalized spacial score (nSPS) is 15.8. The number of rotatable bonds is 4. The summed E-state index contributed by atoms with van der Waals surface area (Å²) >= 11 is 1.59. The van der Waals surface area contributed by atoms with Gasteiger partial charge in [0.05, 0.1) is 41.8 Å². The molecule has 3 heterocycles. The fourth-order valence-corrected chi connectivity index (χ4v) is 4.39. The maximum absolute atomic E-state index is 12.8. The average Bonchev–Trinajstić information content (AvgIpc) is 3.38. The van der Waals surface area contributed by atoms with E-state index in [0.717, 1.165) is 16.0 Å². The fourth-order valence-electron chi connectivity index (χ4n) is 3.80. The monoisotopic (exact) mass is 439 g/mol. The van der Waals surface area contributed by atoms with Crippen molar-refractivity contribution in [3.05, 3.63) is 47.2 Å². The van der Waals surface area contributed by atoms with E-state index in [9.17, 15) is 9.59 Å². The number of ether oxygens (including phenoxy) is 1. The summed E-state index contributed by atoms with van der Waals surface area (Å²) < 4.78 is 7.32.